The van der Waals surface area contributed by atoms with Crippen molar-refractivity contribution >= 4 is 35.0 Å². The second-order valence-corrected chi connectivity index (χ2v) is 11.3. The van der Waals surface area contributed by atoms with E-state index in [1.165, 1.54) is 23.9 Å². The fourth-order valence-corrected chi connectivity index (χ4v) is 6.21. The Morgan fingerprint density at radius 3 is 2.88 bits per heavy atom. The molecule has 3 unspecified atom stereocenters. The lowest BCUT2D eigenvalue weighted by Crippen LogP contribution is -2.27. The number of carbonyl (C=O) groups is 1. The van der Waals surface area contributed by atoms with Crippen LogP contribution in [0.4, 0.5) is 20.4 Å². The van der Waals surface area contributed by atoms with Crippen LogP contribution in [0.2, 0.25) is 0 Å². The summed E-state index contributed by atoms with van der Waals surface area (Å²) in [5.74, 6) is 0.110. The Labute approximate surface area is 235 Å². The van der Waals surface area contributed by atoms with Crippen molar-refractivity contribution in [3.05, 3.63) is 83.3 Å². The summed E-state index contributed by atoms with van der Waals surface area (Å²) in [6.45, 7) is 2.53. The van der Waals surface area contributed by atoms with Gasteiger partial charge in [0.2, 0.25) is 0 Å². The Morgan fingerprint density at radius 2 is 2.05 bits per heavy atom. The highest BCUT2D eigenvalue weighted by atomic mass is 32.2. The van der Waals surface area contributed by atoms with E-state index in [4.69, 9.17) is 5.10 Å². The predicted molar refractivity (Wildman–Crippen MR) is 151 cm³/mol. The van der Waals surface area contributed by atoms with E-state index in [0.717, 1.165) is 41.4 Å². The van der Waals surface area contributed by atoms with Crippen molar-refractivity contribution in [3.8, 4) is 0 Å². The molecule has 2 aromatic heterocycles. The first kappa shape index (κ1) is 26.5. The SMILES string of the molecule is CSc1cc(F)cc(C2CC(F)CN2c2ccc3ncc(NC4CCN(Cc5cccc(C(=O)O)c5)C4)n3n2)c1. The van der Waals surface area contributed by atoms with Crippen LogP contribution in [0.1, 0.15) is 40.4 Å². The third-order valence-electron chi connectivity index (χ3n) is 7.61. The molecule has 6 rings (SSSR count). The van der Waals surface area contributed by atoms with E-state index in [9.17, 15) is 18.7 Å². The van der Waals surface area contributed by atoms with Crippen molar-refractivity contribution in [2.75, 3.05) is 36.1 Å². The second-order valence-electron chi connectivity index (χ2n) is 10.4. The maximum Gasteiger partial charge on any atom is 0.335 e. The number of halogens is 2. The summed E-state index contributed by atoms with van der Waals surface area (Å²) in [6, 6.07) is 15.5. The summed E-state index contributed by atoms with van der Waals surface area (Å²) >= 11 is 1.46. The number of thioether (sulfide) groups is 1. The highest BCUT2D eigenvalue weighted by Crippen LogP contribution is 2.38. The van der Waals surface area contributed by atoms with Gasteiger partial charge in [-0.2, -0.15) is 4.52 Å². The molecule has 3 atom stereocenters. The Balaban J connectivity index is 1.19. The number of hydrogen-bond acceptors (Lipinski definition) is 7. The van der Waals surface area contributed by atoms with Crippen LogP contribution in [0.5, 0.6) is 0 Å². The number of carboxylic acids is 1. The standard InChI is InChI=1S/C29H30F2N6O2S/c1-40-24-11-20(10-21(30)12-24)25-13-22(31)16-36(25)27-6-5-26-32-14-28(37(26)34-27)33-23-7-8-35(17-23)15-18-3-2-4-19(9-18)29(38)39/h2-6,9-12,14,22-23,25,33H,7-8,13,15-17H2,1H3,(H,38,39). The normalized spacial score (nSPS) is 21.4. The van der Waals surface area contributed by atoms with Gasteiger partial charge in [0.15, 0.2) is 5.65 Å². The maximum absolute atomic E-state index is 14.7. The van der Waals surface area contributed by atoms with Crippen LogP contribution in [-0.2, 0) is 6.54 Å². The average molecular weight is 565 g/mol. The molecule has 8 nitrogen and oxygen atoms in total. The number of aromatic carboxylic acids is 1. The summed E-state index contributed by atoms with van der Waals surface area (Å²) < 4.78 is 30.8. The van der Waals surface area contributed by atoms with Gasteiger partial charge in [-0.1, -0.05) is 12.1 Å². The van der Waals surface area contributed by atoms with Crippen molar-refractivity contribution in [2.45, 2.75) is 42.5 Å². The van der Waals surface area contributed by atoms with Gasteiger partial charge in [0, 0.05) is 37.0 Å². The van der Waals surface area contributed by atoms with Gasteiger partial charge >= 0.3 is 5.97 Å². The maximum atomic E-state index is 14.7. The molecule has 0 saturated carbocycles. The number of aromatic nitrogens is 3. The zero-order valence-corrected chi connectivity index (χ0v) is 22.8. The fraction of sp³-hybridized carbons (Fsp3) is 0.345. The minimum atomic E-state index is -1.04. The Hall–Kier alpha value is -3.70. The van der Waals surface area contributed by atoms with Crippen molar-refractivity contribution in [2.24, 2.45) is 0 Å². The van der Waals surface area contributed by atoms with E-state index in [1.807, 2.05) is 35.4 Å². The number of likely N-dealkylation sites (tertiary alicyclic amines) is 1. The zero-order valence-electron chi connectivity index (χ0n) is 22.0. The summed E-state index contributed by atoms with van der Waals surface area (Å²) in [5, 5.41) is 17.7. The molecule has 2 aromatic carbocycles. The number of rotatable bonds is 8. The van der Waals surface area contributed by atoms with E-state index in [0.29, 0.717) is 23.6 Å². The van der Waals surface area contributed by atoms with Crippen LogP contribution in [0.15, 0.2) is 65.7 Å². The number of benzene rings is 2. The van der Waals surface area contributed by atoms with Gasteiger partial charge in [-0.3, -0.25) is 4.90 Å². The molecular formula is C29H30F2N6O2S. The Kier molecular flexibility index (Phi) is 7.33. The first-order chi connectivity index (χ1) is 19.4. The molecule has 4 heterocycles. The van der Waals surface area contributed by atoms with Crippen LogP contribution in [0.25, 0.3) is 5.65 Å². The van der Waals surface area contributed by atoms with Crippen molar-refractivity contribution in [1.82, 2.24) is 19.5 Å². The number of anilines is 2. The average Bonchev–Trinajstić information content (AvgIpc) is 3.67. The van der Waals surface area contributed by atoms with Gasteiger partial charge in [-0.05, 0) is 66.3 Å². The van der Waals surface area contributed by atoms with Crippen LogP contribution >= 0.6 is 11.8 Å². The number of nitrogens with zero attached hydrogens (tertiary/aromatic N) is 5. The highest BCUT2D eigenvalue weighted by Gasteiger charge is 2.35. The van der Waals surface area contributed by atoms with Crippen LogP contribution in [-0.4, -0.2) is 68.7 Å². The van der Waals surface area contributed by atoms with E-state index in [2.05, 4.69) is 15.2 Å². The molecule has 11 heteroatoms. The number of imidazole rings is 1. The minimum Gasteiger partial charge on any atom is -0.478 e. The first-order valence-corrected chi connectivity index (χ1v) is 14.5. The molecule has 2 saturated heterocycles. The van der Waals surface area contributed by atoms with Crippen molar-refractivity contribution < 1.29 is 18.7 Å². The molecule has 0 radical (unpaired) electrons. The predicted octanol–water partition coefficient (Wildman–Crippen LogP) is 5.26. The van der Waals surface area contributed by atoms with E-state index >= 15 is 0 Å². The number of hydrogen-bond donors (Lipinski definition) is 2. The summed E-state index contributed by atoms with van der Waals surface area (Å²) in [7, 11) is 0. The van der Waals surface area contributed by atoms with Gasteiger partial charge in [0.25, 0.3) is 0 Å². The molecule has 208 valence electrons. The number of carboxylic acid groups (broad SMARTS) is 1. The molecule has 2 aliphatic rings. The van der Waals surface area contributed by atoms with Crippen molar-refractivity contribution in [3.63, 3.8) is 0 Å². The molecule has 0 bridgehead atoms. The molecule has 40 heavy (non-hydrogen) atoms. The third kappa shape index (κ3) is 5.48. The second kappa shape index (κ2) is 11.1. The molecule has 2 aliphatic heterocycles. The van der Waals surface area contributed by atoms with Gasteiger partial charge in [-0.25, -0.2) is 18.6 Å². The number of fused-ring (bicyclic) bond motifs is 1. The van der Waals surface area contributed by atoms with E-state index in [-0.39, 0.29) is 30.9 Å². The zero-order chi connectivity index (χ0) is 27.8. The van der Waals surface area contributed by atoms with Gasteiger partial charge in [-0.15, -0.1) is 16.9 Å². The number of alkyl halides is 1. The lowest BCUT2D eigenvalue weighted by molar-refractivity contribution is 0.0696. The quantitative estimate of drug-likeness (QED) is 0.280. The topological polar surface area (TPSA) is 86.0 Å². The van der Waals surface area contributed by atoms with E-state index in [1.54, 1.807) is 28.9 Å². The lowest BCUT2D eigenvalue weighted by Gasteiger charge is -2.26. The van der Waals surface area contributed by atoms with Gasteiger partial charge in [0.05, 0.1) is 24.3 Å². The first-order valence-electron chi connectivity index (χ1n) is 13.3. The van der Waals surface area contributed by atoms with E-state index < -0.39 is 12.1 Å². The molecule has 4 aromatic rings. The molecule has 0 aliphatic carbocycles. The summed E-state index contributed by atoms with van der Waals surface area (Å²) in [5.41, 5.74) is 2.68. The summed E-state index contributed by atoms with van der Waals surface area (Å²) in [4.78, 5) is 20.8. The largest absolute Gasteiger partial charge is 0.478 e. The lowest BCUT2D eigenvalue weighted by atomic mass is 10.0. The molecule has 2 fully saturated rings. The Morgan fingerprint density at radius 1 is 1.18 bits per heavy atom. The van der Waals surface area contributed by atoms with Gasteiger partial charge < -0.3 is 15.3 Å². The van der Waals surface area contributed by atoms with Crippen LogP contribution in [0.3, 0.4) is 0 Å². The van der Waals surface area contributed by atoms with Crippen LogP contribution in [0, 0.1) is 5.82 Å². The van der Waals surface area contributed by atoms with Crippen LogP contribution < -0.4 is 10.2 Å². The van der Waals surface area contributed by atoms with Crippen molar-refractivity contribution in [1.29, 1.82) is 0 Å². The number of nitrogens with one attached hydrogen (secondary N) is 1. The smallest absolute Gasteiger partial charge is 0.335 e. The Bertz CT molecular complexity index is 1550. The molecular weight excluding hydrogens is 534 g/mol. The monoisotopic (exact) mass is 564 g/mol. The third-order valence-corrected chi connectivity index (χ3v) is 8.32. The highest BCUT2D eigenvalue weighted by molar-refractivity contribution is 7.98. The molecule has 0 spiro atoms. The summed E-state index contributed by atoms with van der Waals surface area (Å²) in [6.07, 6.45) is 3.80. The molecule has 0 amide bonds. The fourth-order valence-electron chi connectivity index (χ4n) is 5.73. The minimum absolute atomic E-state index is 0.167. The van der Waals surface area contributed by atoms with Gasteiger partial charge in [0.1, 0.15) is 23.6 Å². The molecule has 2 N–H and O–H groups in total.